The quantitative estimate of drug-likeness (QED) is 0.314. The van der Waals surface area contributed by atoms with Crippen molar-refractivity contribution >= 4 is 39.9 Å². The monoisotopic (exact) mass is 324 g/mol. The van der Waals surface area contributed by atoms with E-state index in [0.29, 0.717) is 0 Å². The van der Waals surface area contributed by atoms with Gasteiger partial charge in [-0.2, -0.15) is 0 Å². The normalized spacial score (nSPS) is 11.7. The van der Waals surface area contributed by atoms with Crippen LogP contribution in [0, 0.1) is 11.8 Å². The maximum Gasteiger partial charge on any atom is 0.314 e. The van der Waals surface area contributed by atoms with Gasteiger partial charge in [0, 0.05) is 0 Å². The zero-order chi connectivity index (χ0) is 17.4. The van der Waals surface area contributed by atoms with Crippen molar-refractivity contribution < 1.29 is 19.8 Å². The Bertz CT molecular complexity index is 268. The molecule has 1 unspecified atom stereocenters. The molecule has 1 atom stereocenters. The second-order valence-corrected chi connectivity index (χ2v) is 7.10. The van der Waals surface area contributed by atoms with Crippen LogP contribution in [0.5, 0.6) is 0 Å². The van der Waals surface area contributed by atoms with Crippen LogP contribution in [-0.2, 0) is 9.59 Å². The molecular formula is C17H33NaO4. The van der Waals surface area contributed by atoms with Crippen molar-refractivity contribution in [2.45, 2.75) is 82.2 Å². The molecular weight excluding hydrogens is 291 g/mol. The van der Waals surface area contributed by atoms with Gasteiger partial charge in [0.1, 0.15) is 6.42 Å². The maximum absolute atomic E-state index is 9.43. The SMILES string of the molecule is CCCCCCCCCC([CH2][Na])C(C)C.O=C(O)CC(=O)O. The summed E-state index contributed by atoms with van der Waals surface area (Å²) in [6, 6.07) is 0. The first-order valence-corrected chi connectivity index (χ1v) is 10.2. The van der Waals surface area contributed by atoms with Crippen molar-refractivity contribution in [3.63, 3.8) is 0 Å². The van der Waals surface area contributed by atoms with Crippen LogP contribution in [0.1, 0.15) is 78.6 Å². The third-order valence-electron chi connectivity index (χ3n) is 3.95. The first kappa shape index (κ1) is 24.2. The van der Waals surface area contributed by atoms with Gasteiger partial charge in [-0.25, -0.2) is 0 Å². The third kappa shape index (κ3) is 19.9. The standard InChI is InChI=1S/C14H29.C3H4O4.Na/c1-5-6-7-8-9-10-11-12-14(4)13(2)3;4-2(5)1-3(6)7;/h13-14H,4-12H2,1-3H3;1H2,(H,4,5)(H,6,7);. The number of hydrogen-bond acceptors (Lipinski definition) is 2. The zero-order valence-electron chi connectivity index (χ0n) is 14.9. The molecule has 0 heterocycles. The van der Waals surface area contributed by atoms with Crippen molar-refractivity contribution in [1.82, 2.24) is 0 Å². The summed E-state index contributed by atoms with van der Waals surface area (Å²) in [5.74, 6) is -0.671. The van der Waals surface area contributed by atoms with E-state index in [1.165, 1.54) is 83.0 Å². The molecule has 126 valence electrons. The number of carbonyl (C=O) groups is 2. The zero-order valence-corrected chi connectivity index (χ0v) is 16.9. The molecule has 0 saturated heterocycles. The fraction of sp³-hybridized carbons (Fsp3) is 0.882. The Balaban J connectivity index is 0. The van der Waals surface area contributed by atoms with Gasteiger partial charge in [-0.1, -0.05) is 0 Å². The Morgan fingerprint density at radius 2 is 1.36 bits per heavy atom. The van der Waals surface area contributed by atoms with Crippen molar-refractivity contribution in [1.29, 1.82) is 0 Å². The van der Waals surface area contributed by atoms with E-state index in [9.17, 15) is 9.59 Å². The van der Waals surface area contributed by atoms with Crippen molar-refractivity contribution in [3.8, 4) is 0 Å². The van der Waals surface area contributed by atoms with Gasteiger partial charge in [0.2, 0.25) is 0 Å². The van der Waals surface area contributed by atoms with Gasteiger partial charge < -0.3 is 10.2 Å². The molecule has 0 fully saturated rings. The summed E-state index contributed by atoms with van der Waals surface area (Å²) >= 11 is 1.39. The predicted octanol–water partition coefficient (Wildman–Crippen LogP) is 4.53. The summed E-state index contributed by atoms with van der Waals surface area (Å²) in [4.78, 5) is 18.9. The number of aliphatic carboxylic acids is 2. The topological polar surface area (TPSA) is 74.6 Å². The Labute approximate surface area is 153 Å². The van der Waals surface area contributed by atoms with Gasteiger partial charge in [0.15, 0.2) is 0 Å². The first-order valence-electron chi connectivity index (χ1n) is 8.78. The van der Waals surface area contributed by atoms with Crippen molar-refractivity contribution in [3.05, 3.63) is 0 Å². The summed E-state index contributed by atoms with van der Waals surface area (Å²) in [7, 11) is 0. The van der Waals surface area contributed by atoms with E-state index < -0.39 is 18.4 Å². The van der Waals surface area contributed by atoms with Crippen LogP contribution in [-0.4, -0.2) is 50.1 Å². The van der Waals surface area contributed by atoms with Crippen LogP contribution in [0.25, 0.3) is 0 Å². The molecule has 0 amide bonds. The van der Waals surface area contributed by atoms with Gasteiger partial charge in [-0.15, -0.1) is 0 Å². The smallest absolute Gasteiger partial charge is 0.314 e. The first-order chi connectivity index (χ1) is 10.3. The van der Waals surface area contributed by atoms with Gasteiger partial charge in [-0.3, -0.25) is 9.59 Å². The molecule has 0 radical (unpaired) electrons. The average molecular weight is 324 g/mol. The van der Waals surface area contributed by atoms with Crippen LogP contribution in [0.4, 0.5) is 0 Å². The largest absolute Gasteiger partial charge is 0.481 e. The number of rotatable bonds is 12. The number of unbranched alkanes of at least 4 members (excludes halogenated alkanes) is 6. The Kier molecular flexibility index (Phi) is 19.0. The predicted molar refractivity (Wildman–Crippen MR) is 91.4 cm³/mol. The molecule has 0 aliphatic rings. The third-order valence-corrected chi connectivity index (χ3v) is 5.00. The Morgan fingerprint density at radius 3 is 1.68 bits per heavy atom. The summed E-state index contributed by atoms with van der Waals surface area (Å²) in [6.45, 7) is 7.08. The number of carboxylic acids is 2. The number of carboxylic acid groups (broad SMARTS) is 2. The van der Waals surface area contributed by atoms with E-state index in [-0.39, 0.29) is 0 Å². The van der Waals surface area contributed by atoms with E-state index in [4.69, 9.17) is 10.2 Å². The van der Waals surface area contributed by atoms with Gasteiger partial charge >= 0.3 is 128 Å². The molecule has 0 aliphatic heterocycles. The van der Waals surface area contributed by atoms with Crippen LogP contribution in [0.15, 0.2) is 0 Å². The molecule has 0 aromatic carbocycles. The Hall–Kier alpha value is -0.0600. The van der Waals surface area contributed by atoms with Crippen LogP contribution < -0.4 is 0 Å². The van der Waals surface area contributed by atoms with E-state index in [1.807, 2.05) is 0 Å². The molecule has 4 nitrogen and oxygen atoms in total. The minimum atomic E-state index is -1.31. The van der Waals surface area contributed by atoms with Gasteiger partial charge in [-0.05, 0) is 0 Å². The summed E-state index contributed by atoms with van der Waals surface area (Å²) in [6.07, 6.45) is 10.9. The van der Waals surface area contributed by atoms with Crippen LogP contribution >= 0.6 is 0 Å². The minimum absolute atomic E-state index is 0.806. The molecule has 0 aromatic rings. The molecule has 0 aromatic heterocycles. The van der Waals surface area contributed by atoms with E-state index in [1.54, 1.807) is 0 Å². The molecule has 5 heteroatoms. The fourth-order valence-electron chi connectivity index (χ4n) is 2.50. The summed E-state index contributed by atoms with van der Waals surface area (Å²) in [5, 5.41) is 15.4. The minimum Gasteiger partial charge on any atom is -0.481 e. The van der Waals surface area contributed by atoms with Crippen molar-refractivity contribution in [2.24, 2.45) is 11.8 Å². The summed E-state index contributed by atoms with van der Waals surface area (Å²) < 4.78 is 1.51. The van der Waals surface area contributed by atoms with E-state index in [2.05, 4.69) is 20.8 Å². The molecule has 0 aliphatic carbocycles. The van der Waals surface area contributed by atoms with Crippen LogP contribution in [0.2, 0.25) is 3.67 Å². The second kappa shape index (κ2) is 17.3. The molecule has 0 spiro atoms. The van der Waals surface area contributed by atoms with E-state index in [0.717, 1.165) is 11.8 Å². The molecule has 2 N–H and O–H groups in total. The summed E-state index contributed by atoms with van der Waals surface area (Å²) in [5.41, 5.74) is 0. The molecule has 0 bridgehead atoms. The Morgan fingerprint density at radius 1 is 0.909 bits per heavy atom. The molecule has 22 heavy (non-hydrogen) atoms. The molecule has 0 rings (SSSR count). The fourth-order valence-corrected chi connectivity index (χ4v) is 3.85. The van der Waals surface area contributed by atoms with E-state index >= 15 is 0 Å². The second-order valence-electron chi connectivity index (χ2n) is 6.29. The van der Waals surface area contributed by atoms with Gasteiger partial charge in [0.25, 0.3) is 0 Å². The average Bonchev–Trinajstić information content (AvgIpc) is 2.40. The van der Waals surface area contributed by atoms with Gasteiger partial charge in [0.05, 0.1) is 0 Å². The van der Waals surface area contributed by atoms with Crippen LogP contribution in [0.3, 0.4) is 0 Å². The molecule has 0 saturated carbocycles. The maximum atomic E-state index is 9.43. The van der Waals surface area contributed by atoms with Crippen molar-refractivity contribution in [2.75, 3.05) is 0 Å². The number of hydrogen-bond donors (Lipinski definition) is 2.